The first-order chi connectivity index (χ1) is 12.0. The summed E-state index contributed by atoms with van der Waals surface area (Å²) < 4.78 is 13.3. The molecule has 0 aliphatic heterocycles. The lowest BCUT2D eigenvalue weighted by molar-refractivity contribution is 0.0963. The lowest BCUT2D eigenvalue weighted by Gasteiger charge is -2.22. The van der Waals surface area contributed by atoms with Crippen LogP contribution >= 0.6 is 24.0 Å². The maximum Gasteiger partial charge on any atom is 0.251 e. The lowest BCUT2D eigenvalue weighted by Crippen LogP contribution is -2.38. The van der Waals surface area contributed by atoms with Gasteiger partial charge in [-0.25, -0.2) is 4.39 Å². The molecule has 0 spiro atoms. The summed E-state index contributed by atoms with van der Waals surface area (Å²) in [6.45, 7) is 1.07. The lowest BCUT2D eigenvalue weighted by atomic mass is 10.1. The molecule has 2 aromatic carbocycles. The highest BCUT2D eigenvalue weighted by atomic mass is 127. The molecule has 5 nitrogen and oxygen atoms in total. The van der Waals surface area contributed by atoms with E-state index in [1.807, 2.05) is 36.2 Å². The Morgan fingerprint density at radius 2 is 1.85 bits per heavy atom. The Balaban J connectivity index is 0.00000338. The van der Waals surface area contributed by atoms with Crippen molar-refractivity contribution in [3.05, 3.63) is 71.0 Å². The third-order valence-electron chi connectivity index (χ3n) is 3.75. The number of amides is 1. The van der Waals surface area contributed by atoms with E-state index >= 15 is 0 Å². The largest absolute Gasteiger partial charge is 0.355 e. The predicted octanol–water partition coefficient (Wildman–Crippen LogP) is 3.01. The summed E-state index contributed by atoms with van der Waals surface area (Å²) in [5.41, 5.74) is 2.46. The van der Waals surface area contributed by atoms with Gasteiger partial charge in [-0.2, -0.15) is 0 Å². The first-order valence-corrected chi connectivity index (χ1v) is 8.00. The topological polar surface area (TPSA) is 56.7 Å². The number of carbonyl (C=O) groups excluding carboxylic acids is 1. The zero-order chi connectivity index (χ0) is 18.2. The molecule has 0 unspecified atom stereocenters. The molecule has 1 amide bonds. The molecule has 2 rings (SSSR count). The zero-order valence-electron chi connectivity index (χ0n) is 15.1. The molecular formula is C19H24FIN4O. The molecule has 0 aromatic heterocycles. The second-order valence-electron chi connectivity index (χ2n) is 5.67. The van der Waals surface area contributed by atoms with Crippen LogP contribution in [0.4, 0.5) is 4.39 Å². The highest BCUT2D eigenvalue weighted by Gasteiger charge is 2.08. The standard InChI is InChI=1S/C19H23FN4O.HI/c1-21-18(25)16-8-4-6-14(10-16)12-23-19(22-2)24(3)13-15-7-5-9-17(20)11-15;/h4-11H,12-13H2,1-3H3,(H,21,25)(H,22,23);1H. The van der Waals surface area contributed by atoms with Gasteiger partial charge in [0.05, 0.1) is 0 Å². The quantitative estimate of drug-likeness (QED) is 0.402. The maximum absolute atomic E-state index is 13.3. The van der Waals surface area contributed by atoms with E-state index in [0.717, 1.165) is 11.1 Å². The molecule has 0 saturated heterocycles. The Kier molecular flexibility index (Phi) is 9.04. The minimum absolute atomic E-state index is 0. The number of hydrogen-bond donors (Lipinski definition) is 2. The van der Waals surface area contributed by atoms with E-state index in [-0.39, 0.29) is 35.7 Å². The van der Waals surface area contributed by atoms with Gasteiger partial charge in [-0.15, -0.1) is 24.0 Å². The number of benzene rings is 2. The molecule has 26 heavy (non-hydrogen) atoms. The fraction of sp³-hybridized carbons (Fsp3) is 0.263. The van der Waals surface area contributed by atoms with E-state index in [1.165, 1.54) is 12.1 Å². The van der Waals surface area contributed by atoms with E-state index in [2.05, 4.69) is 15.6 Å². The van der Waals surface area contributed by atoms with E-state index in [0.29, 0.717) is 24.6 Å². The molecule has 0 aliphatic carbocycles. The van der Waals surface area contributed by atoms with E-state index < -0.39 is 0 Å². The van der Waals surface area contributed by atoms with Crippen molar-refractivity contribution in [3.63, 3.8) is 0 Å². The van der Waals surface area contributed by atoms with Gasteiger partial charge < -0.3 is 15.5 Å². The van der Waals surface area contributed by atoms with Crippen LogP contribution in [0.15, 0.2) is 53.5 Å². The van der Waals surface area contributed by atoms with Gasteiger partial charge in [0.1, 0.15) is 5.82 Å². The number of nitrogens with one attached hydrogen (secondary N) is 2. The number of halogens is 2. The summed E-state index contributed by atoms with van der Waals surface area (Å²) in [7, 11) is 5.20. The Morgan fingerprint density at radius 1 is 1.15 bits per heavy atom. The summed E-state index contributed by atoms with van der Waals surface area (Å²) in [5.74, 6) is 0.323. The number of aliphatic imine (C=N–C) groups is 1. The normalized spacial score (nSPS) is 10.7. The second-order valence-corrected chi connectivity index (χ2v) is 5.67. The summed E-state index contributed by atoms with van der Waals surface area (Å²) in [5, 5.41) is 5.87. The van der Waals surface area contributed by atoms with Gasteiger partial charge in [-0.1, -0.05) is 24.3 Å². The Bertz CT molecular complexity index is 767. The van der Waals surface area contributed by atoms with Gasteiger partial charge in [-0.3, -0.25) is 9.79 Å². The molecule has 0 aliphatic rings. The van der Waals surface area contributed by atoms with Crippen LogP contribution in [0, 0.1) is 5.82 Å². The SMILES string of the molecule is CN=C(NCc1cccc(C(=O)NC)c1)N(C)Cc1cccc(F)c1.I. The number of hydrogen-bond acceptors (Lipinski definition) is 2. The second kappa shape index (κ2) is 10.7. The van der Waals surface area contributed by atoms with Crippen LogP contribution in [0.1, 0.15) is 21.5 Å². The molecule has 2 N–H and O–H groups in total. The van der Waals surface area contributed by atoms with E-state index in [4.69, 9.17) is 0 Å². The molecule has 2 aromatic rings. The summed E-state index contributed by atoms with van der Waals surface area (Å²) >= 11 is 0. The van der Waals surface area contributed by atoms with E-state index in [1.54, 1.807) is 26.2 Å². The van der Waals surface area contributed by atoms with E-state index in [9.17, 15) is 9.18 Å². The predicted molar refractivity (Wildman–Crippen MR) is 113 cm³/mol. The molecule has 0 heterocycles. The third kappa shape index (κ3) is 6.29. The van der Waals surface area contributed by atoms with Crippen molar-refractivity contribution in [2.24, 2.45) is 4.99 Å². The number of guanidine groups is 1. The highest BCUT2D eigenvalue weighted by Crippen LogP contribution is 2.08. The first-order valence-electron chi connectivity index (χ1n) is 8.00. The smallest absolute Gasteiger partial charge is 0.251 e. The van der Waals surface area contributed by atoms with Crippen molar-refractivity contribution < 1.29 is 9.18 Å². The van der Waals surface area contributed by atoms with Gasteiger partial charge in [0.25, 0.3) is 5.91 Å². The number of carbonyl (C=O) groups is 1. The Labute approximate surface area is 170 Å². The number of nitrogens with zero attached hydrogens (tertiary/aromatic N) is 2. The number of rotatable bonds is 5. The fourth-order valence-electron chi connectivity index (χ4n) is 2.52. The molecule has 0 radical (unpaired) electrons. The Hall–Kier alpha value is -2.16. The van der Waals surface area contributed by atoms with Gasteiger partial charge in [0.15, 0.2) is 5.96 Å². The van der Waals surface area contributed by atoms with Crippen LogP contribution in [-0.4, -0.2) is 37.9 Å². The minimum Gasteiger partial charge on any atom is -0.355 e. The van der Waals surface area contributed by atoms with Crippen LogP contribution < -0.4 is 10.6 Å². The summed E-state index contributed by atoms with van der Waals surface area (Å²) in [4.78, 5) is 17.9. The van der Waals surface area contributed by atoms with Crippen LogP contribution in [0.2, 0.25) is 0 Å². The molecule has 0 saturated carbocycles. The summed E-state index contributed by atoms with van der Waals surface area (Å²) in [6, 6.07) is 13.9. The van der Waals surface area contributed by atoms with Crippen LogP contribution in [-0.2, 0) is 13.1 Å². The van der Waals surface area contributed by atoms with Crippen molar-refractivity contribution in [3.8, 4) is 0 Å². The van der Waals surface area contributed by atoms with Crippen molar-refractivity contribution in [1.29, 1.82) is 0 Å². The minimum atomic E-state index is -0.250. The van der Waals surface area contributed by atoms with Crippen molar-refractivity contribution >= 4 is 35.8 Å². The van der Waals surface area contributed by atoms with Crippen molar-refractivity contribution in [1.82, 2.24) is 15.5 Å². The third-order valence-corrected chi connectivity index (χ3v) is 3.75. The molecule has 0 atom stereocenters. The first kappa shape index (κ1) is 21.9. The molecule has 140 valence electrons. The average molecular weight is 470 g/mol. The molecular weight excluding hydrogens is 446 g/mol. The highest BCUT2D eigenvalue weighted by molar-refractivity contribution is 14.0. The molecule has 0 fully saturated rings. The molecule has 0 bridgehead atoms. The van der Waals surface area contributed by atoms with Crippen LogP contribution in [0.3, 0.4) is 0 Å². The van der Waals surface area contributed by atoms with Gasteiger partial charge in [0.2, 0.25) is 0 Å². The summed E-state index contributed by atoms with van der Waals surface area (Å²) in [6.07, 6.45) is 0. The van der Waals surface area contributed by atoms with Crippen LogP contribution in [0.5, 0.6) is 0 Å². The monoisotopic (exact) mass is 470 g/mol. The average Bonchev–Trinajstić information content (AvgIpc) is 2.61. The van der Waals surface area contributed by atoms with Gasteiger partial charge in [0, 0.05) is 39.8 Å². The zero-order valence-corrected chi connectivity index (χ0v) is 17.5. The van der Waals surface area contributed by atoms with Crippen molar-refractivity contribution in [2.75, 3.05) is 21.1 Å². The maximum atomic E-state index is 13.3. The fourth-order valence-corrected chi connectivity index (χ4v) is 2.52. The van der Waals surface area contributed by atoms with Crippen molar-refractivity contribution in [2.45, 2.75) is 13.1 Å². The van der Waals surface area contributed by atoms with Crippen LogP contribution in [0.25, 0.3) is 0 Å². The Morgan fingerprint density at radius 3 is 2.50 bits per heavy atom. The van der Waals surface area contributed by atoms with Gasteiger partial charge >= 0.3 is 0 Å². The van der Waals surface area contributed by atoms with Gasteiger partial charge in [-0.05, 0) is 35.4 Å². The molecule has 7 heteroatoms.